The minimum Gasteiger partial charge on any atom is -0.494 e. The van der Waals surface area contributed by atoms with Crippen LogP contribution in [0.3, 0.4) is 0 Å². The minimum atomic E-state index is 0.0328. The molecule has 0 N–H and O–H groups in total. The summed E-state index contributed by atoms with van der Waals surface area (Å²) in [7, 11) is 0. The lowest BCUT2D eigenvalue weighted by Gasteiger charge is -2.34. The van der Waals surface area contributed by atoms with Crippen molar-refractivity contribution in [2.24, 2.45) is 0 Å². The summed E-state index contributed by atoms with van der Waals surface area (Å²) in [6.07, 6.45) is 5.87. The van der Waals surface area contributed by atoms with Gasteiger partial charge in [-0.15, -0.1) is 11.6 Å². The van der Waals surface area contributed by atoms with E-state index < -0.39 is 0 Å². The van der Waals surface area contributed by atoms with E-state index in [0.717, 1.165) is 24.2 Å². The Balaban J connectivity index is 2.10. The summed E-state index contributed by atoms with van der Waals surface area (Å²) in [5.74, 6) is 0.948. The van der Waals surface area contributed by atoms with Crippen molar-refractivity contribution in [1.82, 2.24) is 4.90 Å². The minimum absolute atomic E-state index is 0.0328. The highest BCUT2D eigenvalue weighted by Crippen LogP contribution is 2.25. The van der Waals surface area contributed by atoms with Crippen LogP contribution in [-0.2, 0) is 11.3 Å². The first-order valence-corrected chi connectivity index (χ1v) is 8.35. The number of benzene rings is 1. The second kappa shape index (κ2) is 8.28. The molecule has 1 aromatic carbocycles. The molecule has 1 amide bonds. The van der Waals surface area contributed by atoms with Crippen LogP contribution in [0.2, 0.25) is 0 Å². The fourth-order valence-electron chi connectivity index (χ4n) is 2.99. The normalized spacial score (nSPS) is 15.7. The monoisotopic (exact) mass is 309 g/mol. The van der Waals surface area contributed by atoms with Crippen LogP contribution in [0.15, 0.2) is 24.3 Å². The van der Waals surface area contributed by atoms with Gasteiger partial charge in [-0.3, -0.25) is 4.79 Å². The van der Waals surface area contributed by atoms with Gasteiger partial charge in [-0.2, -0.15) is 0 Å². The zero-order valence-corrected chi connectivity index (χ0v) is 13.4. The molecule has 0 heterocycles. The van der Waals surface area contributed by atoms with Crippen molar-refractivity contribution >= 4 is 17.5 Å². The number of ether oxygens (including phenoxy) is 1. The second-order valence-electron chi connectivity index (χ2n) is 5.53. The van der Waals surface area contributed by atoms with Crippen LogP contribution >= 0.6 is 11.6 Å². The molecule has 1 fully saturated rings. The fraction of sp³-hybridized carbons (Fsp3) is 0.588. The Bertz CT molecular complexity index is 458. The molecule has 21 heavy (non-hydrogen) atoms. The lowest BCUT2D eigenvalue weighted by molar-refractivity contribution is -0.132. The van der Waals surface area contributed by atoms with Crippen molar-refractivity contribution in [3.8, 4) is 5.75 Å². The third-order valence-corrected chi connectivity index (χ3v) is 4.24. The Morgan fingerprint density at radius 1 is 1.33 bits per heavy atom. The Morgan fingerprint density at radius 2 is 2.10 bits per heavy atom. The average Bonchev–Trinajstić information content (AvgIpc) is 2.53. The van der Waals surface area contributed by atoms with Gasteiger partial charge in [-0.25, -0.2) is 0 Å². The quantitative estimate of drug-likeness (QED) is 0.744. The van der Waals surface area contributed by atoms with Crippen molar-refractivity contribution in [3.05, 3.63) is 29.8 Å². The van der Waals surface area contributed by atoms with Crippen molar-refractivity contribution in [1.29, 1.82) is 0 Å². The van der Waals surface area contributed by atoms with Gasteiger partial charge in [0.15, 0.2) is 0 Å². The van der Waals surface area contributed by atoms with Crippen molar-refractivity contribution in [2.45, 2.75) is 51.6 Å². The van der Waals surface area contributed by atoms with E-state index in [4.69, 9.17) is 16.3 Å². The molecule has 0 spiro atoms. The van der Waals surface area contributed by atoms with Gasteiger partial charge in [-0.1, -0.05) is 31.4 Å². The van der Waals surface area contributed by atoms with Gasteiger partial charge in [0.25, 0.3) is 0 Å². The van der Waals surface area contributed by atoms with Gasteiger partial charge in [0.1, 0.15) is 11.6 Å². The third kappa shape index (κ3) is 4.63. The van der Waals surface area contributed by atoms with E-state index in [1.165, 1.54) is 19.3 Å². The van der Waals surface area contributed by atoms with Crippen LogP contribution in [0.25, 0.3) is 0 Å². The molecule has 0 radical (unpaired) electrons. The van der Waals surface area contributed by atoms with E-state index in [9.17, 15) is 4.79 Å². The zero-order chi connectivity index (χ0) is 15.1. The molecular formula is C17H24ClNO2. The highest BCUT2D eigenvalue weighted by molar-refractivity contribution is 6.27. The molecule has 0 bridgehead atoms. The van der Waals surface area contributed by atoms with Gasteiger partial charge in [0.2, 0.25) is 5.91 Å². The van der Waals surface area contributed by atoms with Gasteiger partial charge in [0, 0.05) is 12.6 Å². The molecule has 3 nitrogen and oxygen atoms in total. The predicted molar refractivity (Wildman–Crippen MR) is 85.8 cm³/mol. The summed E-state index contributed by atoms with van der Waals surface area (Å²) in [5, 5.41) is 0. The number of hydrogen-bond donors (Lipinski definition) is 0. The molecule has 1 aliphatic carbocycles. The first-order chi connectivity index (χ1) is 10.2. The Labute approximate surface area is 132 Å². The number of alkyl halides is 1. The molecular weight excluding hydrogens is 286 g/mol. The van der Waals surface area contributed by atoms with Crippen molar-refractivity contribution in [3.63, 3.8) is 0 Å². The maximum atomic E-state index is 12.2. The zero-order valence-electron chi connectivity index (χ0n) is 12.7. The van der Waals surface area contributed by atoms with Gasteiger partial charge < -0.3 is 9.64 Å². The van der Waals surface area contributed by atoms with Crippen molar-refractivity contribution < 1.29 is 9.53 Å². The highest BCUT2D eigenvalue weighted by atomic mass is 35.5. The second-order valence-corrected chi connectivity index (χ2v) is 5.79. The number of hydrogen-bond acceptors (Lipinski definition) is 2. The van der Waals surface area contributed by atoms with E-state index in [2.05, 4.69) is 0 Å². The SMILES string of the molecule is CCOc1cccc(CN(C(=O)CCl)C2CCCCC2)c1. The maximum absolute atomic E-state index is 12.2. The largest absolute Gasteiger partial charge is 0.494 e. The van der Waals surface area contributed by atoms with Crippen LogP contribution in [0.5, 0.6) is 5.75 Å². The number of halogens is 1. The van der Waals surface area contributed by atoms with E-state index in [-0.39, 0.29) is 11.8 Å². The third-order valence-electron chi connectivity index (χ3n) is 4.01. The Morgan fingerprint density at radius 3 is 2.76 bits per heavy atom. The van der Waals surface area contributed by atoms with Gasteiger partial charge in [0.05, 0.1) is 6.61 Å². The summed E-state index contributed by atoms with van der Waals surface area (Å²) in [5.41, 5.74) is 1.10. The smallest absolute Gasteiger partial charge is 0.238 e. The summed E-state index contributed by atoms with van der Waals surface area (Å²) in [6.45, 7) is 3.24. The topological polar surface area (TPSA) is 29.5 Å². The molecule has 1 saturated carbocycles. The molecule has 0 atom stereocenters. The lowest BCUT2D eigenvalue weighted by Crippen LogP contribution is -2.41. The number of carbonyl (C=O) groups is 1. The number of amides is 1. The summed E-state index contributed by atoms with van der Waals surface area (Å²) >= 11 is 5.80. The predicted octanol–water partition coefficient (Wildman–Crippen LogP) is 3.99. The Hall–Kier alpha value is -1.22. The first-order valence-electron chi connectivity index (χ1n) is 7.81. The average molecular weight is 310 g/mol. The van der Waals surface area contributed by atoms with Crippen molar-refractivity contribution in [2.75, 3.05) is 12.5 Å². The van der Waals surface area contributed by atoms with Gasteiger partial charge in [-0.05, 0) is 37.5 Å². The van der Waals surface area contributed by atoms with Crippen LogP contribution in [-0.4, -0.2) is 29.3 Å². The van der Waals surface area contributed by atoms with Crippen LogP contribution in [0.4, 0.5) is 0 Å². The molecule has 4 heteroatoms. The molecule has 1 aliphatic rings. The standard InChI is InChI=1S/C17H24ClNO2/c1-2-21-16-10-6-7-14(11-16)13-19(17(20)12-18)15-8-4-3-5-9-15/h6-7,10-11,15H,2-5,8-9,12-13H2,1H3. The first kappa shape index (κ1) is 16.2. The van der Waals surface area contributed by atoms with Gasteiger partial charge >= 0.3 is 0 Å². The Kier molecular flexibility index (Phi) is 6.37. The summed E-state index contributed by atoms with van der Waals surface area (Å²) < 4.78 is 5.53. The number of nitrogens with zero attached hydrogens (tertiary/aromatic N) is 1. The molecule has 0 aromatic heterocycles. The fourth-order valence-corrected chi connectivity index (χ4v) is 3.14. The van der Waals surface area contributed by atoms with E-state index >= 15 is 0 Å². The molecule has 116 valence electrons. The van der Waals surface area contributed by atoms with E-state index in [1.54, 1.807) is 0 Å². The number of carbonyl (C=O) groups excluding carboxylic acids is 1. The lowest BCUT2D eigenvalue weighted by atomic mass is 9.93. The highest BCUT2D eigenvalue weighted by Gasteiger charge is 2.24. The van der Waals surface area contributed by atoms with E-state index in [0.29, 0.717) is 19.2 Å². The molecule has 1 aromatic rings. The molecule has 2 rings (SSSR count). The number of rotatable bonds is 6. The van der Waals surface area contributed by atoms with Crippen LogP contribution in [0.1, 0.15) is 44.6 Å². The molecule has 0 saturated heterocycles. The van der Waals surface area contributed by atoms with E-state index in [1.807, 2.05) is 36.1 Å². The summed E-state index contributed by atoms with van der Waals surface area (Å²) in [6, 6.07) is 8.31. The molecule has 0 unspecified atom stereocenters. The van der Waals surface area contributed by atoms with Crippen LogP contribution in [0, 0.1) is 0 Å². The summed E-state index contributed by atoms with van der Waals surface area (Å²) in [4.78, 5) is 14.1. The molecule has 0 aliphatic heterocycles. The maximum Gasteiger partial charge on any atom is 0.238 e. The van der Waals surface area contributed by atoms with Crippen LogP contribution < -0.4 is 4.74 Å².